The summed E-state index contributed by atoms with van der Waals surface area (Å²) in [4.78, 5) is 23.9. The molecule has 0 aliphatic rings. The van der Waals surface area contributed by atoms with Gasteiger partial charge in [0.2, 0.25) is 5.95 Å². The summed E-state index contributed by atoms with van der Waals surface area (Å²) in [5, 5.41) is 6.02. The number of anilines is 2. The normalized spacial score (nSPS) is 10.3. The Labute approximate surface area is 147 Å². The third-order valence-corrected chi connectivity index (χ3v) is 4.09. The minimum Gasteiger partial charge on any atom is -0.363 e. The second kappa shape index (κ2) is 8.54. The molecule has 0 saturated heterocycles. The van der Waals surface area contributed by atoms with Gasteiger partial charge in [0.05, 0.1) is 0 Å². The minimum atomic E-state index is -0.0800. The first-order valence-corrected chi connectivity index (χ1v) is 8.91. The number of amides is 1. The van der Waals surface area contributed by atoms with Crippen molar-refractivity contribution < 1.29 is 4.79 Å². The van der Waals surface area contributed by atoms with Crippen LogP contribution in [0, 0.1) is 6.92 Å². The molecule has 1 aromatic carbocycles. The molecule has 7 heteroatoms. The topological polar surface area (TPSA) is 70.2 Å². The summed E-state index contributed by atoms with van der Waals surface area (Å²) >= 11 is 1.65. The van der Waals surface area contributed by atoms with Crippen molar-refractivity contribution in [3.63, 3.8) is 0 Å². The molecule has 1 aromatic heterocycles. The summed E-state index contributed by atoms with van der Waals surface area (Å²) in [6.07, 6.45) is 2.01. The first kappa shape index (κ1) is 18.1. The van der Waals surface area contributed by atoms with E-state index in [1.807, 2.05) is 62.5 Å². The number of hydrogen-bond acceptors (Lipinski definition) is 6. The van der Waals surface area contributed by atoms with E-state index in [0.29, 0.717) is 24.6 Å². The van der Waals surface area contributed by atoms with E-state index in [9.17, 15) is 4.79 Å². The number of aryl methyl sites for hydroxylation is 1. The van der Waals surface area contributed by atoms with E-state index < -0.39 is 0 Å². The predicted octanol–water partition coefficient (Wildman–Crippen LogP) is 2.41. The molecule has 0 unspecified atom stereocenters. The third-order valence-electron chi connectivity index (χ3n) is 3.34. The second-order valence-electron chi connectivity index (χ2n) is 5.50. The second-order valence-corrected chi connectivity index (χ2v) is 6.38. The molecule has 0 saturated carbocycles. The SMILES string of the molecule is CSc1ccc(C(=O)NCCNc2nc(C)cc(N(C)C)n2)cc1. The first-order valence-electron chi connectivity index (χ1n) is 7.68. The fourth-order valence-electron chi connectivity index (χ4n) is 2.05. The van der Waals surface area contributed by atoms with Crippen molar-refractivity contribution in [3.8, 4) is 0 Å². The summed E-state index contributed by atoms with van der Waals surface area (Å²) in [5.41, 5.74) is 1.56. The number of nitrogens with zero attached hydrogens (tertiary/aromatic N) is 3. The van der Waals surface area contributed by atoms with Crippen LogP contribution in [0.3, 0.4) is 0 Å². The van der Waals surface area contributed by atoms with Crippen LogP contribution in [0.2, 0.25) is 0 Å². The average Bonchev–Trinajstić information content (AvgIpc) is 2.58. The van der Waals surface area contributed by atoms with Gasteiger partial charge < -0.3 is 15.5 Å². The molecule has 0 fully saturated rings. The van der Waals surface area contributed by atoms with Crippen LogP contribution in [0.5, 0.6) is 0 Å². The van der Waals surface area contributed by atoms with Gasteiger partial charge in [-0.05, 0) is 37.4 Å². The van der Waals surface area contributed by atoms with Gasteiger partial charge in [-0.3, -0.25) is 4.79 Å². The van der Waals surface area contributed by atoms with E-state index in [-0.39, 0.29) is 5.91 Å². The molecule has 0 atom stereocenters. The number of aromatic nitrogens is 2. The van der Waals surface area contributed by atoms with E-state index >= 15 is 0 Å². The van der Waals surface area contributed by atoms with Crippen LogP contribution in [-0.4, -0.2) is 49.3 Å². The van der Waals surface area contributed by atoms with Gasteiger partial charge in [0.1, 0.15) is 5.82 Å². The van der Waals surface area contributed by atoms with Crippen molar-refractivity contribution in [1.82, 2.24) is 15.3 Å². The van der Waals surface area contributed by atoms with Crippen LogP contribution < -0.4 is 15.5 Å². The van der Waals surface area contributed by atoms with E-state index in [4.69, 9.17) is 0 Å². The maximum Gasteiger partial charge on any atom is 0.251 e. The van der Waals surface area contributed by atoms with Gasteiger partial charge in [0, 0.05) is 49.4 Å². The number of benzene rings is 1. The van der Waals surface area contributed by atoms with E-state index in [1.165, 1.54) is 0 Å². The van der Waals surface area contributed by atoms with Crippen LogP contribution in [0.15, 0.2) is 35.2 Å². The zero-order valence-electron chi connectivity index (χ0n) is 14.5. The standard InChI is InChI=1S/C17H23N5OS/c1-12-11-15(22(2)3)21-17(20-12)19-10-9-18-16(23)13-5-7-14(24-4)8-6-13/h5-8,11H,9-10H2,1-4H3,(H,18,23)(H,19,20,21). The predicted molar refractivity (Wildman–Crippen MR) is 100 cm³/mol. The van der Waals surface area contributed by atoms with Crippen molar-refractivity contribution in [2.24, 2.45) is 0 Å². The van der Waals surface area contributed by atoms with Gasteiger partial charge in [-0.1, -0.05) is 0 Å². The number of rotatable bonds is 7. The largest absolute Gasteiger partial charge is 0.363 e. The average molecular weight is 345 g/mol. The highest BCUT2D eigenvalue weighted by molar-refractivity contribution is 7.98. The quantitative estimate of drug-likeness (QED) is 0.593. The lowest BCUT2D eigenvalue weighted by Gasteiger charge is -2.14. The highest BCUT2D eigenvalue weighted by Crippen LogP contribution is 2.14. The summed E-state index contributed by atoms with van der Waals surface area (Å²) in [6, 6.07) is 9.48. The molecule has 6 nitrogen and oxygen atoms in total. The summed E-state index contributed by atoms with van der Waals surface area (Å²) < 4.78 is 0. The molecule has 2 N–H and O–H groups in total. The molecule has 1 amide bonds. The molecular formula is C17H23N5OS. The lowest BCUT2D eigenvalue weighted by Crippen LogP contribution is -2.29. The van der Waals surface area contributed by atoms with E-state index in [1.54, 1.807) is 11.8 Å². The van der Waals surface area contributed by atoms with Crippen LogP contribution >= 0.6 is 11.8 Å². The Morgan fingerprint density at radius 1 is 1.17 bits per heavy atom. The molecule has 2 aromatic rings. The Balaban J connectivity index is 1.83. The van der Waals surface area contributed by atoms with Gasteiger partial charge in [-0.2, -0.15) is 4.98 Å². The molecule has 1 heterocycles. The minimum absolute atomic E-state index is 0.0800. The zero-order chi connectivity index (χ0) is 17.5. The lowest BCUT2D eigenvalue weighted by atomic mass is 10.2. The highest BCUT2D eigenvalue weighted by Gasteiger charge is 2.06. The van der Waals surface area contributed by atoms with Gasteiger partial charge in [0.15, 0.2) is 0 Å². The fraction of sp³-hybridized carbons (Fsp3) is 0.353. The van der Waals surface area contributed by atoms with Crippen molar-refractivity contribution >= 4 is 29.4 Å². The molecule has 24 heavy (non-hydrogen) atoms. The lowest BCUT2D eigenvalue weighted by molar-refractivity contribution is 0.0955. The number of thioether (sulfide) groups is 1. The van der Waals surface area contributed by atoms with Gasteiger partial charge in [-0.15, -0.1) is 11.8 Å². The third kappa shape index (κ3) is 5.13. The molecule has 0 spiro atoms. The molecule has 128 valence electrons. The molecule has 0 radical (unpaired) electrons. The van der Waals surface area contributed by atoms with Crippen LogP contribution in [0.25, 0.3) is 0 Å². The molecule has 0 aliphatic heterocycles. The maximum absolute atomic E-state index is 12.1. The number of carbonyl (C=O) groups is 1. The number of nitrogens with one attached hydrogen (secondary N) is 2. The Bertz CT molecular complexity index is 688. The van der Waals surface area contributed by atoms with Crippen molar-refractivity contribution in [2.75, 3.05) is 43.7 Å². The van der Waals surface area contributed by atoms with Crippen LogP contribution in [0.4, 0.5) is 11.8 Å². The Kier molecular flexibility index (Phi) is 6.43. The summed E-state index contributed by atoms with van der Waals surface area (Å²) in [7, 11) is 3.88. The zero-order valence-corrected chi connectivity index (χ0v) is 15.3. The molecule has 2 rings (SSSR count). The first-order chi connectivity index (χ1) is 11.5. The van der Waals surface area contributed by atoms with Gasteiger partial charge >= 0.3 is 0 Å². The molecular weight excluding hydrogens is 322 g/mol. The van der Waals surface area contributed by atoms with Crippen LogP contribution in [0.1, 0.15) is 16.1 Å². The number of carbonyl (C=O) groups excluding carboxylic acids is 1. The Morgan fingerprint density at radius 2 is 1.88 bits per heavy atom. The smallest absolute Gasteiger partial charge is 0.251 e. The Morgan fingerprint density at radius 3 is 2.50 bits per heavy atom. The van der Waals surface area contributed by atoms with Gasteiger partial charge in [-0.25, -0.2) is 4.98 Å². The fourth-order valence-corrected chi connectivity index (χ4v) is 2.46. The Hall–Kier alpha value is -2.28. The highest BCUT2D eigenvalue weighted by atomic mass is 32.2. The number of hydrogen-bond donors (Lipinski definition) is 2. The maximum atomic E-state index is 12.1. The molecule has 0 bridgehead atoms. The van der Waals surface area contributed by atoms with Gasteiger partial charge in [0.25, 0.3) is 5.91 Å². The van der Waals surface area contributed by atoms with E-state index in [0.717, 1.165) is 16.4 Å². The van der Waals surface area contributed by atoms with Crippen molar-refractivity contribution in [3.05, 3.63) is 41.6 Å². The monoisotopic (exact) mass is 345 g/mol. The summed E-state index contributed by atoms with van der Waals surface area (Å²) in [5.74, 6) is 1.34. The molecule has 0 aliphatic carbocycles. The summed E-state index contributed by atoms with van der Waals surface area (Å²) in [6.45, 7) is 2.99. The van der Waals surface area contributed by atoms with Crippen LogP contribution in [-0.2, 0) is 0 Å². The van der Waals surface area contributed by atoms with Crippen molar-refractivity contribution in [1.29, 1.82) is 0 Å². The van der Waals surface area contributed by atoms with Crippen molar-refractivity contribution in [2.45, 2.75) is 11.8 Å². The van der Waals surface area contributed by atoms with E-state index in [2.05, 4.69) is 20.6 Å².